The summed E-state index contributed by atoms with van der Waals surface area (Å²) >= 11 is 7.36. The molecule has 0 aliphatic rings. The molecule has 2 heterocycles. The molecule has 3 rings (SSSR count). The van der Waals surface area contributed by atoms with E-state index < -0.39 is 0 Å². The summed E-state index contributed by atoms with van der Waals surface area (Å²) in [6.45, 7) is 3.99. The lowest BCUT2D eigenvalue weighted by Gasteiger charge is -1.96. The van der Waals surface area contributed by atoms with Gasteiger partial charge in [-0.1, -0.05) is 35.1 Å². The lowest BCUT2D eigenvalue weighted by molar-refractivity contribution is -0.111. The molecule has 1 N–H and O–H groups in total. The number of halogens is 1. The van der Waals surface area contributed by atoms with E-state index in [0.29, 0.717) is 11.0 Å². The molecule has 2 aromatic heterocycles. The maximum Gasteiger partial charge on any atom is 0.250 e. The van der Waals surface area contributed by atoms with Crippen LogP contribution in [-0.4, -0.2) is 20.5 Å². The molecule has 0 aliphatic heterocycles. The number of nitrogens with one attached hydrogen (secondary N) is 1. The fourth-order valence-corrected chi connectivity index (χ4v) is 2.92. The Morgan fingerprint density at radius 3 is 2.73 bits per heavy atom. The number of thiazole rings is 1. The number of carbonyl (C=O) groups excluding carboxylic acids is 1. The second-order valence-corrected chi connectivity index (χ2v) is 6.37. The minimum atomic E-state index is -0.275. The largest absolute Gasteiger partial charge is 0.290 e. The highest BCUT2D eigenvalue weighted by molar-refractivity contribution is 7.17. The highest BCUT2D eigenvalue weighted by Gasteiger charge is 2.11. The number of anilines is 1. The van der Waals surface area contributed by atoms with Crippen molar-refractivity contribution in [3.8, 4) is 0 Å². The van der Waals surface area contributed by atoms with E-state index in [1.54, 1.807) is 34.1 Å². The average Bonchev–Trinajstić information content (AvgIpc) is 2.98. The number of aromatic nitrogens is 3. The zero-order valence-electron chi connectivity index (χ0n) is 12.0. The minimum Gasteiger partial charge on any atom is -0.290 e. The molecule has 0 aliphatic carbocycles. The molecule has 5 nitrogen and oxygen atoms in total. The molecular weight excluding hydrogens is 320 g/mol. The van der Waals surface area contributed by atoms with E-state index in [0.717, 1.165) is 21.1 Å². The second kappa shape index (κ2) is 5.90. The molecular formula is C15H13ClN4OS. The van der Waals surface area contributed by atoms with Crippen molar-refractivity contribution in [1.29, 1.82) is 0 Å². The Labute approximate surface area is 136 Å². The molecule has 112 valence electrons. The molecule has 0 bridgehead atoms. The monoisotopic (exact) mass is 332 g/mol. The summed E-state index contributed by atoms with van der Waals surface area (Å²) in [4.78, 5) is 18.1. The van der Waals surface area contributed by atoms with Crippen molar-refractivity contribution in [2.45, 2.75) is 13.8 Å². The zero-order chi connectivity index (χ0) is 15.7. The lowest BCUT2D eigenvalue weighted by Crippen LogP contribution is -2.09. The summed E-state index contributed by atoms with van der Waals surface area (Å²) in [6.07, 6.45) is 3.15. The summed E-state index contributed by atoms with van der Waals surface area (Å²) in [5, 5.41) is 7.59. The highest BCUT2D eigenvalue weighted by atomic mass is 35.5. The van der Waals surface area contributed by atoms with Gasteiger partial charge in [0.1, 0.15) is 0 Å². The van der Waals surface area contributed by atoms with Gasteiger partial charge in [-0.3, -0.25) is 10.1 Å². The third-order valence-electron chi connectivity index (χ3n) is 3.18. The van der Waals surface area contributed by atoms with E-state index in [1.807, 2.05) is 26.0 Å². The molecule has 1 amide bonds. The van der Waals surface area contributed by atoms with Crippen LogP contribution < -0.4 is 5.32 Å². The molecule has 1 aromatic carbocycles. The quantitative estimate of drug-likeness (QED) is 0.744. The van der Waals surface area contributed by atoms with Crippen LogP contribution in [0.2, 0.25) is 5.02 Å². The molecule has 0 radical (unpaired) electrons. The van der Waals surface area contributed by atoms with Gasteiger partial charge in [0.05, 0.1) is 5.69 Å². The van der Waals surface area contributed by atoms with Gasteiger partial charge in [-0.05, 0) is 37.6 Å². The Morgan fingerprint density at radius 1 is 1.32 bits per heavy atom. The zero-order valence-corrected chi connectivity index (χ0v) is 13.6. The van der Waals surface area contributed by atoms with Crippen LogP contribution in [0.25, 0.3) is 11.0 Å². The number of hydrogen-bond donors (Lipinski definition) is 1. The fourth-order valence-electron chi connectivity index (χ4n) is 1.89. The van der Waals surface area contributed by atoms with Crippen LogP contribution in [0.5, 0.6) is 0 Å². The maximum absolute atomic E-state index is 11.9. The number of carbonyl (C=O) groups is 1. The van der Waals surface area contributed by atoms with Crippen molar-refractivity contribution < 1.29 is 4.79 Å². The number of hydrogen-bond acceptors (Lipinski definition) is 4. The first kappa shape index (κ1) is 14.7. The third kappa shape index (κ3) is 3.03. The number of nitrogens with zero attached hydrogens (tertiary/aromatic N) is 3. The van der Waals surface area contributed by atoms with Gasteiger partial charge >= 0.3 is 0 Å². The molecule has 3 aromatic rings. The number of amides is 1. The standard InChI is InChI=1S/C15H13ClN4OS/c1-9-10(2)22-15-18-14(19-20(9)15)17-13(21)8-5-11-3-6-12(16)7-4-11/h3-8H,1-2H3,(H,17,19,21)/b8-5+. The summed E-state index contributed by atoms with van der Waals surface area (Å²) < 4.78 is 1.73. The number of rotatable bonds is 3. The van der Waals surface area contributed by atoms with E-state index in [2.05, 4.69) is 15.4 Å². The molecule has 7 heteroatoms. The summed E-state index contributed by atoms with van der Waals surface area (Å²) in [7, 11) is 0. The van der Waals surface area contributed by atoms with Crippen LogP contribution in [0.15, 0.2) is 30.3 Å². The van der Waals surface area contributed by atoms with Gasteiger partial charge in [-0.15, -0.1) is 5.10 Å². The summed E-state index contributed by atoms with van der Waals surface area (Å²) in [5.74, 6) is 0.0303. The topological polar surface area (TPSA) is 59.3 Å². The Morgan fingerprint density at radius 2 is 2.05 bits per heavy atom. The van der Waals surface area contributed by atoms with E-state index in [-0.39, 0.29) is 5.91 Å². The van der Waals surface area contributed by atoms with Crippen molar-refractivity contribution in [3.63, 3.8) is 0 Å². The minimum absolute atomic E-state index is 0.275. The van der Waals surface area contributed by atoms with Crippen molar-refractivity contribution in [3.05, 3.63) is 51.5 Å². The first-order valence-corrected chi connectivity index (χ1v) is 7.80. The van der Waals surface area contributed by atoms with Crippen molar-refractivity contribution in [1.82, 2.24) is 14.6 Å². The van der Waals surface area contributed by atoms with E-state index in [4.69, 9.17) is 11.6 Å². The van der Waals surface area contributed by atoms with E-state index in [1.165, 1.54) is 6.08 Å². The van der Waals surface area contributed by atoms with Gasteiger partial charge in [0.25, 0.3) is 11.9 Å². The van der Waals surface area contributed by atoms with Crippen LogP contribution in [0, 0.1) is 13.8 Å². The van der Waals surface area contributed by atoms with Crippen LogP contribution in [0.1, 0.15) is 16.1 Å². The number of benzene rings is 1. The second-order valence-electron chi connectivity index (χ2n) is 4.75. The number of aryl methyl sites for hydroxylation is 2. The first-order valence-electron chi connectivity index (χ1n) is 6.60. The lowest BCUT2D eigenvalue weighted by atomic mass is 10.2. The third-order valence-corrected chi connectivity index (χ3v) is 4.48. The van der Waals surface area contributed by atoms with E-state index >= 15 is 0 Å². The van der Waals surface area contributed by atoms with Crippen LogP contribution in [0.3, 0.4) is 0 Å². The number of fused-ring (bicyclic) bond motifs is 1. The molecule has 22 heavy (non-hydrogen) atoms. The molecule has 0 spiro atoms. The van der Waals surface area contributed by atoms with Gasteiger partial charge in [0.2, 0.25) is 4.96 Å². The normalized spacial score (nSPS) is 11.4. The van der Waals surface area contributed by atoms with Crippen LogP contribution in [0.4, 0.5) is 5.95 Å². The summed E-state index contributed by atoms with van der Waals surface area (Å²) in [5.41, 5.74) is 1.93. The van der Waals surface area contributed by atoms with Gasteiger partial charge in [-0.2, -0.15) is 4.98 Å². The average molecular weight is 333 g/mol. The van der Waals surface area contributed by atoms with Gasteiger partial charge in [0, 0.05) is 16.0 Å². The van der Waals surface area contributed by atoms with Crippen LogP contribution >= 0.6 is 22.9 Å². The van der Waals surface area contributed by atoms with Crippen molar-refractivity contribution in [2.24, 2.45) is 0 Å². The molecule has 0 unspecified atom stereocenters. The first-order chi connectivity index (χ1) is 10.5. The Kier molecular flexibility index (Phi) is 3.96. The SMILES string of the molecule is Cc1sc2nc(NC(=O)/C=C/c3ccc(Cl)cc3)nn2c1C. The maximum atomic E-state index is 11.9. The Bertz CT molecular complexity index is 864. The molecule has 0 saturated heterocycles. The van der Waals surface area contributed by atoms with E-state index in [9.17, 15) is 4.79 Å². The molecule has 0 atom stereocenters. The van der Waals surface area contributed by atoms with Gasteiger partial charge < -0.3 is 0 Å². The fraction of sp³-hybridized carbons (Fsp3) is 0.133. The molecule has 0 saturated carbocycles. The Hall–Kier alpha value is -2.18. The van der Waals surface area contributed by atoms with Crippen molar-refractivity contribution >= 4 is 45.8 Å². The van der Waals surface area contributed by atoms with Gasteiger partial charge in [0.15, 0.2) is 0 Å². The van der Waals surface area contributed by atoms with Gasteiger partial charge in [-0.25, -0.2) is 4.52 Å². The molecule has 0 fully saturated rings. The van der Waals surface area contributed by atoms with Crippen LogP contribution in [-0.2, 0) is 4.79 Å². The Balaban J connectivity index is 1.71. The smallest absolute Gasteiger partial charge is 0.250 e. The predicted molar refractivity (Wildman–Crippen MR) is 89.5 cm³/mol. The summed E-state index contributed by atoms with van der Waals surface area (Å²) in [6, 6.07) is 7.22. The predicted octanol–water partition coefficient (Wildman–Crippen LogP) is 3.71. The highest BCUT2D eigenvalue weighted by Crippen LogP contribution is 2.21. The van der Waals surface area contributed by atoms with Crippen molar-refractivity contribution in [2.75, 3.05) is 5.32 Å².